The molecule has 0 atom stereocenters. The number of nitrogens with one attached hydrogen (secondary N) is 1. The molecule has 0 unspecified atom stereocenters. The van der Waals surface area contributed by atoms with Gasteiger partial charge in [-0.2, -0.15) is 0 Å². The molecule has 1 aromatic rings. The van der Waals surface area contributed by atoms with Gasteiger partial charge in [0, 0.05) is 16.3 Å². The Morgan fingerprint density at radius 1 is 1.47 bits per heavy atom. The maximum Gasteiger partial charge on any atom is 0.0273 e. The summed E-state index contributed by atoms with van der Waals surface area (Å²) in [5.41, 5.74) is 1.40. The van der Waals surface area contributed by atoms with E-state index in [1.807, 2.05) is 11.3 Å². The minimum Gasteiger partial charge on any atom is -0.313 e. The quantitative estimate of drug-likeness (QED) is 0.802. The molecule has 0 saturated carbocycles. The van der Waals surface area contributed by atoms with E-state index in [0.717, 1.165) is 19.0 Å². The van der Waals surface area contributed by atoms with Crippen molar-refractivity contribution in [2.24, 2.45) is 5.92 Å². The van der Waals surface area contributed by atoms with Crippen LogP contribution >= 0.6 is 11.3 Å². The zero-order chi connectivity index (χ0) is 11.3. The molecular weight excluding hydrogens is 202 g/mol. The fourth-order valence-corrected chi connectivity index (χ4v) is 2.29. The van der Waals surface area contributed by atoms with Crippen LogP contribution < -0.4 is 5.32 Å². The van der Waals surface area contributed by atoms with Crippen LogP contribution in [0.4, 0.5) is 0 Å². The zero-order valence-corrected chi connectivity index (χ0v) is 10.9. The first-order valence-corrected chi connectivity index (χ1v) is 6.34. The van der Waals surface area contributed by atoms with E-state index in [0.29, 0.717) is 0 Å². The molecule has 2 heteroatoms. The van der Waals surface area contributed by atoms with Crippen molar-refractivity contribution in [3.05, 3.63) is 27.5 Å². The first kappa shape index (κ1) is 12.5. The predicted octanol–water partition coefficient (Wildman–Crippen LogP) is 3.71. The van der Waals surface area contributed by atoms with Gasteiger partial charge in [0.05, 0.1) is 0 Å². The maximum atomic E-state index is 3.45. The second kappa shape index (κ2) is 6.09. The molecule has 0 aromatic carbocycles. The highest BCUT2D eigenvalue weighted by Crippen LogP contribution is 2.17. The lowest BCUT2D eigenvalue weighted by molar-refractivity contribution is 0.572. The Bertz CT molecular complexity index is 323. The minimum atomic E-state index is 0.724. The van der Waals surface area contributed by atoms with Gasteiger partial charge in [-0.05, 0) is 44.5 Å². The van der Waals surface area contributed by atoms with Gasteiger partial charge in [-0.15, -0.1) is 11.3 Å². The van der Waals surface area contributed by atoms with Gasteiger partial charge >= 0.3 is 0 Å². The van der Waals surface area contributed by atoms with Crippen LogP contribution in [0.1, 0.15) is 30.5 Å². The van der Waals surface area contributed by atoms with Crippen LogP contribution in [0.2, 0.25) is 0 Å². The molecule has 0 aliphatic carbocycles. The average molecular weight is 223 g/mol. The largest absolute Gasteiger partial charge is 0.313 e. The van der Waals surface area contributed by atoms with E-state index in [-0.39, 0.29) is 0 Å². The molecule has 1 aromatic heterocycles. The molecule has 0 aliphatic heterocycles. The van der Waals surface area contributed by atoms with Crippen LogP contribution in [-0.2, 0) is 0 Å². The fraction of sp³-hybridized carbons (Fsp3) is 0.538. The molecule has 1 rings (SSSR count). The summed E-state index contributed by atoms with van der Waals surface area (Å²) >= 11 is 1.85. The molecule has 84 valence electrons. The standard InChI is InChI=1S/C13H21NS/c1-10(2)8-14-9-11(3)7-13-6-5-12(4)15-13/h5-7,10,14H,8-9H2,1-4H3. The van der Waals surface area contributed by atoms with Gasteiger partial charge in [0.2, 0.25) is 0 Å². The van der Waals surface area contributed by atoms with Crippen LogP contribution in [0.3, 0.4) is 0 Å². The summed E-state index contributed by atoms with van der Waals surface area (Å²) < 4.78 is 0. The molecular formula is C13H21NS. The summed E-state index contributed by atoms with van der Waals surface area (Å²) in [6, 6.07) is 4.36. The van der Waals surface area contributed by atoms with Crippen LogP contribution in [0.5, 0.6) is 0 Å². The van der Waals surface area contributed by atoms with E-state index in [2.05, 4.69) is 51.2 Å². The van der Waals surface area contributed by atoms with E-state index in [9.17, 15) is 0 Å². The molecule has 15 heavy (non-hydrogen) atoms. The van der Waals surface area contributed by atoms with Crippen molar-refractivity contribution in [2.45, 2.75) is 27.7 Å². The first-order valence-electron chi connectivity index (χ1n) is 5.52. The third-order valence-corrected chi connectivity index (χ3v) is 3.05. The fourth-order valence-electron chi connectivity index (χ4n) is 1.38. The highest BCUT2D eigenvalue weighted by molar-refractivity contribution is 7.12. The first-order chi connectivity index (χ1) is 7.08. The van der Waals surface area contributed by atoms with Gasteiger partial charge in [-0.3, -0.25) is 0 Å². The molecule has 0 fully saturated rings. The molecule has 0 bridgehead atoms. The second-order valence-electron chi connectivity index (χ2n) is 4.46. The summed E-state index contributed by atoms with van der Waals surface area (Å²) in [4.78, 5) is 2.74. The minimum absolute atomic E-state index is 0.724. The van der Waals surface area contributed by atoms with Crippen molar-refractivity contribution in [1.82, 2.24) is 5.32 Å². The summed E-state index contributed by atoms with van der Waals surface area (Å²) in [5, 5.41) is 3.45. The predicted molar refractivity (Wildman–Crippen MR) is 70.4 cm³/mol. The Morgan fingerprint density at radius 3 is 2.73 bits per heavy atom. The van der Waals surface area contributed by atoms with E-state index < -0.39 is 0 Å². The summed E-state index contributed by atoms with van der Waals surface area (Å²) in [6.45, 7) is 10.9. The van der Waals surface area contributed by atoms with Crippen molar-refractivity contribution in [1.29, 1.82) is 0 Å². The van der Waals surface area contributed by atoms with Gasteiger partial charge in [-0.1, -0.05) is 19.4 Å². The zero-order valence-electron chi connectivity index (χ0n) is 10.1. The van der Waals surface area contributed by atoms with Crippen molar-refractivity contribution >= 4 is 17.4 Å². The highest BCUT2D eigenvalue weighted by Gasteiger charge is 1.96. The molecule has 0 amide bonds. The number of aryl methyl sites for hydroxylation is 1. The SMILES string of the molecule is CC(=Cc1ccc(C)s1)CNCC(C)C. The summed E-state index contributed by atoms with van der Waals surface area (Å²) in [5.74, 6) is 0.724. The molecule has 1 heterocycles. The Labute approximate surface area is 97.2 Å². The molecule has 0 saturated heterocycles. The molecule has 0 aliphatic rings. The van der Waals surface area contributed by atoms with Gasteiger partial charge < -0.3 is 5.32 Å². The normalized spacial score (nSPS) is 12.5. The van der Waals surface area contributed by atoms with E-state index >= 15 is 0 Å². The average Bonchev–Trinajstić information content (AvgIpc) is 2.50. The van der Waals surface area contributed by atoms with Crippen molar-refractivity contribution in [3.63, 3.8) is 0 Å². The third kappa shape index (κ3) is 5.14. The lowest BCUT2D eigenvalue weighted by Crippen LogP contribution is -2.21. The van der Waals surface area contributed by atoms with Gasteiger partial charge in [0.25, 0.3) is 0 Å². The topological polar surface area (TPSA) is 12.0 Å². The Morgan fingerprint density at radius 2 is 2.20 bits per heavy atom. The smallest absolute Gasteiger partial charge is 0.0273 e. The third-order valence-electron chi connectivity index (χ3n) is 2.11. The lowest BCUT2D eigenvalue weighted by atomic mass is 10.2. The number of hydrogen-bond acceptors (Lipinski definition) is 2. The van der Waals surface area contributed by atoms with Crippen LogP contribution in [0.25, 0.3) is 6.08 Å². The van der Waals surface area contributed by atoms with Crippen LogP contribution in [0.15, 0.2) is 17.7 Å². The highest BCUT2D eigenvalue weighted by atomic mass is 32.1. The number of rotatable bonds is 5. The molecule has 0 spiro atoms. The van der Waals surface area contributed by atoms with Gasteiger partial charge in [-0.25, -0.2) is 0 Å². The van der Waals surface area contributed by atoms with Crippen LogP contribution in [0, 0.1) is 12.8 Å². The van der Waals surface area contributed by atoms with Crippen molar-refractivity contribution in [2.75, 3.05) is 13.1 Å². The number of hydrogen-bond donors (Lipinski definition) is 1. The van der Waals surface area contributed by atoms with E-state index in [4.69, 9.17) is 0 Å². The molecule has 1 N–H and O–H groups in total. The molecule has 1 nitrogen and oxygen atoms in total. The van der Waals surface area contributed by atoms with E-state index in [1.54, 1.807) is 0 Å². The summed E-state index contributed by atoms with van der Waals surface area (Å²) in [6.07, 6.45) is 2.27. The Hall–Kier alpha value is -0.600. The summed E-state index contributed by atoms with van der Waals surface area (Å²) in [7, 11) is 0. The Kier molecular flexibility index (Phi) is 5.06. The van der Waals surface area contributed by atoms with E-state index in [1.165, 1.54) is 15.3 Å². The van der Waals surface area contributed by atoms with Crippen molar-refractivity contribution < 1.29 is 0 Å². The lowest BCUT2D eigenvalue weighted by Gasteiger charge is -2.07. The van der Waals surface area contributed by atoms with Gasteiger partial charge in [0.1, 0.15) is 0 Å². The molecule has 0 radical (unpaired) electrons. The maximum absolute atomic E-state index is 3.45. The van der Waals surface area contributed by atoms with Crippen LogP contribution in [-0.4, -0.2) is 13.1 Å². The van der Waals surface area contributed by atoms with Gasteiger partial charge in [0.15, 0.2) is 0 Å². The number of thiophene rings is 1. The van der Waals surface area contributed by atoms with Crippen molar-refractivity contribution in [3.8, 4) is 0 Å². The Balaban J connectivity index is 2.39. The second-order valence-corrected chi connectivity index (χ2v) is 5.78. The monoisotopic (exact) mass is 223 g/mol.